The van der Waals surface area contributed by atoms with Crippen LogP contribution in [0.1, 0.15) is 19.8 Å². The first-order valence-electron chi connectivity index (χ1n) is 4.44. The predicted octanol–water partition coefficient (Wildman–Crippen LogP) is 0.703. The molecule has 0 saturated carbocycles. The molecule has 1 heterocycles. The van der Waals surface area contributed by atoms with Crippen LogP contribution in [0.25, 0.3) is 0 Å². The van der Waals surface area contributed by atoms with E-state index in [0.717, 1.165) is 6.42 Å². The molecule has 0 bridgehead atoms. The Morgan fingerprint density at radius 1 is 1.62 bits per heavy atom. The molecule has 0 aromatic heterocycles. The zero-order valence-corrected chi connectivity index (χ0v) is 7.66. The molecular weight excluding hydrogens is 172 g/mol. The number of carboxylic acids is 1. The molecule has 1 saturated heterocycles. The Hall–Kier alpha value is -0.900. The molecule has 1 aliphatic heterocycles. The van der Waals surface area contributed by atoms with Crippen molar-refractivity contribution >= 4 is 11.8 Å². The number of ether oxygens (including phenoxy) is 1. The standard InChI is InChI=1S/C9H14O4/c1-6(9(11)12)4-8(10)7-2-3-13-5-7/h6-7H,2-5H2,1H3,(H,11,12). The summed E-state index contributed by atoms with van der Waals surface area (Å²) in [6.07, 6.45) is 0.870. The predicted molar refractivity (Wildman–Crippen MR) is 45.3 cm³/mol. The van der Waals surface area contributed by atoms with E-state index >= 15 is 0 Å². The zero-order valence-electron chi connectivity index (χ0n) is 7.66. The van der Waals surface area contributed by atoms with Crippen LogP contribution in [0.4, 0.5) is 0 Å². The van der Waals surface area contributed by atoms with Crippen molar-refractivity contribution in [3.8, 4) is 0 Å². The Morgan fingerprint density at radius 2 is 2.31 bits per heavy atom. The number of aliphatic carboxylic acids is 1. The maximum atomic E-state index is 11.4. The summed E-state index contributed by atoms with van der Waals surface area (Å²) in [5, 5.41) is 8.59. The molecule has 2 unspecified atom stereocenters. The van der Waals surface area contributed by atoms with E-state index in [2.05, 4.69) is 0 Å². The molecule has 74 valence electrons. The number of carbonyl (C=O) groups excluding carboxylic acids is 1. The molecule has 0 aromatic rings. The highest BCUT2D eigenvalue weighted by atomic mass is 16.5. The maximum Gasteiger partial charge on any atom is 0.306 e. The number of ketones is 1. The highest BCUT2D eigenvalue weighted by molar-refractivity contribution is 5.85. The highest BCUT2D eigenvalue weighted by Gasteiger charge is 2.26. The monoisotopic (exact) mass is 186 g/mol. The van der Waals surface area contributed by atoms with Crippen molar-refractivity contribution in [1.82, 2.24) is 0 Å². The molecule has 0 aliphatic carbocycles. The molecular formula is C9H14O4. The summed E-state index contributed by atoms with van der Waals surface area (Å²) >= 11 is 0. The first-order chi connectivity index (χ1) is 6.11. The molecule has 1 N–H and O–H groups in total. The minimum Gasteiger partial charge on any atom is -0.481 e. The Kier molecular flexibility index (Phi) is 3.42. The van der Waals surface area contributed by atoms with Crippen LogP contribution in [-0.2, 0) is 14.3 Å². The zero-order chi connectivity index (χ0) is 9.84. The van der Waals surface area contributed by atoms with Crippen LogP contribution in [0.5, 0.6) is 0 Å². The Bertz CT molecular complexity index is 206. The number of Topliss-reactive ketones (excluding diaryl/α,β-unsaturated/α-hetero) is 1. The van der Waals surface area contributed by atoms with Gasteiger partial charge in [0.25, 0.3) is 0 Å². The number of rotatable bonds is 4. The van der Waals surface area contributed by atoms with Gasteiger partial charge in [-0.2, -0.15) is 0 Å². The van der Waals surface area contributed by atoms with Gasteiger partial charge in [0, 0.05) is 18.9 Å². The van der Waals surface area contributed by atoms with E-state index in [-0.39, 0.29) is 18.1 Å². The van der Waals surface area contributed by atoms with E-state index in [4.69, 9.17) is 9.84 Å². The third-order valence-electron chi connectivity index (χ3n) is 2.31. The van der Waals surface area contributed by atoms with Crippen molar-refractivity contribution in [2.45, 2.75) is 19.8 Å². The van der Waals surface area contributed by atoms with Crippen LogP contribution in [0.3, 0.4) is 0 Å². The average Bonchev–Trinajstić information content (AvgIpc) is 2.55. The van der Waals surface area contributed by atoms with Crippen LogP contribution in [0.15, 0.2) is 0 Å². The van der Waals surface area contributed by atoms with Gasteiger partial charge in [0.05, 0.1) is 12.5 Å². The second kappa shape index (κ2) is 4.37. The first kappa shape index (κ1) is 10.2. The summed E-state index contributed by atoms with van der Waals surface area (Å²) in [6.45, 7) is 2.64. The number of carbonyl (C=O) groups is 2. The van der Waals surface area contributed by atoms with E-state index in [1.165, 1.54) is 0 Å². The van der Waals surface area contributed by atoms with Gasteiger partial charge in [-0.3, -0.25) is 9.59 Å². The van der Waals surface area contributed by atoms with Gasteiger partial charge in [-0.05, 0) is 6.42 Å². The smallest absolute Gasteiger partial charge is 0.306 e. The topological polar surface area (TPSA) is 63.6 Å². The van der Waals surface area contributed by atoms with Gasteiger partial charge in [-0.15, -0.1) is 0 Å². The average molecular weight is 186 g/mol. The Morgan fingerprint density at radius 3 is 2.77 bits per heavy atom. The Labute approximate surface area is 76.9 Å². The second-order valence-corrected chi connectivity index (χ2v) is 3.47. The van der Waals surface area contributed by atoms with Crippen LogP contribution in [0.2, 0.25) is 0 Å². The maximum absolute atomic E-state index is 11.4. The third kappa shape index (κ3) is 2.81. The highest BCUT2D eigenvalue weighted by Crippen LogP contribution is 2.17. The van der Waals surface area contributed by atoms with Crippen molar-refractivity contribution in [3.05, 3.63) is 0 Å². The van der Waals surface area contributed by atoms with E-state index in [0.29, 0.717) is 13.2 Å². The summed E-state index contributed by atoms with van der Waals surface area (Å²) in [5.74, 6) is -1.53. The van der Waals surface area contributed by atoms with Crippen molar-refractivity contribution in [3.63, 3.8) is 0 Å². The van der Waals surface area contributed by atoms with Crippen LogP contribution in [0, 0.1) is 11.8 Å². The summed E-state index contributed by atoms with van der Waals surface area (Å²) in [4.78, 5) is 21.9. The number of carboxylic acid groups (broad SMARTS) is 1. The summed E-state index contributed by atoms with van der Waals surface area (Å²) < 4.78 is 5.05. The molecule has 4 heteroatoms. The van der Waals surface area contributed by atoms with Crippen molar-refractivity contribution < 1.29 is 19.4 Å². The molecule has 4 nitrogen and oxygen atoms in total. The Balaban J connectivity index is 2.35. The largest absolute Gasteiger partial charge is 0.481 e. The van der Waals surface area contributed by atoms with Crippen LogP contribution in [-0.4, -0.2) is 30.1 Å². The van der Waals surface area contributed by atoms with Crippen LogP contribution < -0.4 is 0 Å². The van der Waals surface area contributed by atoms with Crippen molar-refractivity contribution in [1.29, 1.82) is 0 Å². The normalized spacial score (nSPS) is 24.2. The molecule has 0 radical (unpaired) electrons. The summed E-state index contributed by atoms with van der Waals surface area (Å²) in [6, 6.07) is 0. The second-order valence-electron chi connectivity index (χ2n) is 3.47. The fraction of sp³-hybridized carbons (Fsp3) is 0.778. The van der Waals surface area contributed by atoms with Gasteiger partial charge >= 0.3 is 5.97 Å². The lowest BCUT2D eigenvalue weighted by Crippen LogP contribution is -2.21. The minimum absolute atomic E-state index is 0.0207. The first-order valence-corrected chi connectivity index (χ1v) is 4.44. The van der Waals surface area contributed by atoms with Gasteiger partial charge in [-0.25, -0.2) is 0 Å². The van der Waals surface area contributed by atoms with Gasteiger partial charge in [0.15, 0.2) is 0 Å². The van der Waals surface area contributed by atoms with E-state index in [1.54, 1.807) is 6.92 Å². The summed E-state index contributed by atoms with van der Waals surface area (Å²) in [5.41, 5.74) is 0. The summed E-state index contributed by atoms with van der Waals surface area (Å²) in [7, 11) is 0. The number of hydrogen-bond acceptors (Lipinski definition) is 3. The van der Waals surface area contributed by atoms with Crippen LogP contribution >= 0.6 is 0 Å². The van der Waals surface area contributed by atoms with Gasteiger partial charge in [-0.1, -0.05) is 6.92 Å². The van der Waals surface area contributed by atoms with E-state index < -0.39 is 11.9 Å². The molecule has 13 heavy (non-hydrogen) atoms. The van der Waals surface area contributed by atoms with Gasteiger partial charge in [0.1, 0.15) is 5.78 Å². The quantitative estimate of drug-likeness (QED) is 0.702. The third-order valence-corrected chi connectivity index (χ3v) is 2.31. The SMILES string of the molecule is CC(CC(=O)C1CCOC1)C(=O)O. The van der Waals surface area contributed by atoms with E-state index in [1.807, 2.05) is 0 Å². The van der Waals surface area contributed by atoms with Crippen molar-refractivity contribution in [2.24, 2.45) is 11.8 Å². The fourth-order valence-corrected chi connectivity index (χ4v) is 1.34. The molecule has 0 aromatic carbocycles. The minimum atomic E-state index is -0.910. The van der Waals surface area contributed by atoms with Gasteiger partial charge in [0.2, 0.25) is 0 Å². The lowest BCUT2D eigenvalue weighted by atomic mass is 9.95. The molecule has 0 amide bonds. The lowest BCUT2D eigenvalue weighted by molar-refractivity contribution is -0.143. The molecule has 1 rings (SSSR count). The molecule has 1 aliphatic rings. The fourth-order valence-electron chi connectivity index (χ4n) is 1.34. The van der Waals surface area contributed by atoms with Crippen molar-refractivity contribution in [2.75, 3.05) is 13.2 Å². The van der Waals surface area contributed by atoms with E-state index in [9.17, 15) is 9.59 Å². The molecule has 1 fully saturated rings. The lowest BCUT2D eigenvalue weighted by Gasteiger charge is -2.08. The van der Waals surface area contributed by atoms with Gasteiger partial charge < -0.3 is 9.84 Å². The molecule has 0 spiro atoms. The molecule has 2 atom stereocenters. The number of hydrogen-bond donors (Lipinski definition) is 1.